The molecule has 0 heterocycles. The van der Waals surface area contributed by atoms with Gasteiger partial charge in [-0.25, -0.2) is 0 Å². The minimum absolute atomic E-state index is 1.32. The predicted octanol–water partition coefficient (Wildman–Crippen LogP) is 15.2. The van der Waals surface area contributed by atoms with Gasteiger partial charge in [-0.3, -0.25) is 0 Å². The van der Waals surface area contributed by atoms with Crippen LogP contribution in [0.1, 0.15) is 193 Å². The first kappa shape index (κ1) is 59.4. The molecule has 0 aliphatic carbocycles. The van der Waals surface area contributed by atoms with Crippen molar-refractivity contribution in [2.24, 2.45) is 0 Å². The molecule has 0 saturated carbocycles. The third kappa shape index (κ3) is 257. The first-order valence-corrected chi connectivity index (χ1v) is 15.7. The second-order valence-corrected chi connectivity index (χ2v) is 7.00. The Bertz CT molecular complexity index is 172. The number of hydrogen-bond donors (Lipinski definition) is 0. The van der Waals surface area contributed by atoms with Crippen molar-refractivity contribution in [3.63, 3.8) is 0 Å². The van der Waals surface area contributed by atoms with Crippen LogP contribution in [0, 0.1) is 0 Å². The van der Waals surface area contributed by atoms with E-state index in [0.717, 1.165) is 0 Å². The molecule has 0 rings (SSSR count). The molecule has 0 aromatic rings. The smallest absolute Gasteiger partial charge is 0.0473 e. The summed E-state index contributed by atoms with van der Waals surface area (Å²) in [4.78, 5) is 0. The number of rotatable bonds is 12. The fourth-order valence-corrected chi connectivity index (χ4v) is 1.88. The number of allylic oxidation sites excluding steroid dienone is 2. The van der Waals surface area contributed by atoms with E-state index in [-0.39, 0.29) is 0 Å². The Morgan fingerprint density at radius 1 is 0.343 bits per heavy atom. The molecule has 0 aliphatic heterocycles. The van der Waals surface area contributed by atoms with Crippen molar-refractivity contribution in [1.82, 2.24) is 0 Å². The molecule has 0 nitrogen and oxygen atoms in total. The Balaban J connectivity index is -0.0000000346. The van der Waals surface area contributed by atoms with Crippen LogP contribution in [-0.4, -0.2) is 0 Å². The van der Waals surface area contributed by atoms with Crippen LogP contribution in [0.4, 0.5) is 0 Å². The summed E-state index contributed by atoms with van der Waals surface area (Å²) in [7, 11) is 0. The molecule has 0 radical (unpaired) electrons. The average Bonchev–Trinajstić information content (AvgIpc) is 2.93. The highest BCUT2D eigenvalue weighted by Crippen LogP contribution is 2.08. The lowest BCUT2D eigenvalue weighted by atomic mass is 10.1. The van der Waals surface area contributed by atoms with E-state index in [4.69, 9.17) is 0 Å². The molecular formula is C35H82. The summed E-state index contributed by atoms with van der Waals surface area (Å²) in [6, 6.07) is 0. The van der Waals surface area contributed by atoms with Gasteiger partial charge in [-0.1, -0.05) is 192 Å². The summed E-state index contributed by atoms with van der Waals surface area (Å²) in [5, 5.41) is 0. The van der Waals surface area contributed by atoms with Crippen molar-refractivity contribution < 1.29 is 0 Å². The molecule has 0 amide bonds. The molecule has 0 aliphatic rings. The summed E-state index contributed by atoms with van der Waals surface area (Å²) >= 11 is 0. The van der Waals surface area contributed by atoms with Crippen LogP contribution >= 0.6 is 0 Å². The van der Waals surface area contributed by atoms with Crippen LogP contribution in [0.25, 0.3) is 0 Å². The van der Waals surface area contributed by atoms with Crippen LogP contribution in [0.5, 0.6) is 0 Å². The molecule has 0 saturated heterocycles. The fourth-order valence-electron chi connectivity index (χ4n) is 1.88. The molecule has 0 spiro atoms. The molecule has 35 heavy (non-hydrogen) atoms. The van der Waals surface area contributed by atoms with Gasteiger partial charge < -0.3 is 0 Å². The van der Waals surface area contributed by atoms with Gasteiger partial charge in [0.25, 0.3) is 0 Å². The van der Waals surface area contributed by atoms with E-state index in [9.17, 15) is 0 Å². The van der Waals surface area contributed by atoms with Crippen LogP contribution in [0.15, 0.2) is 38.5 Å². The van der Waals surface area contributed by atoms with Crippen LogP contribution in [0.3, 0.4) is 0 Å². The van der Waals surface area contributed by atoms with Gasteiger partial charge in [0.05, 0.1) is 0 Å². The zero-order valence-electron chi connectivity index (χ0n) is 28.6. The first-order chi connectivity index (χ1) is 17.1. The van der Waals surface area contributed by atoms with Crippen LogP contribution < -0.4 is 0 Å². The maximum Gasteiger partial charge on any atom is -0.0473 e. The largest absolute Gasteiger partial charge is 0.106 e. The molecule has 0 N–H and O–H groups in total. The van der Waals surface area contributed by atoms with E-state index in [2.05, 4.69) is 67.9 Å². The van der Waals surface area contributed by atoms with Gasteiger partial charge in [-0.2, -0.15) is 0 Å². The quantitative estimate of drug-likeness (QED) is 0.184. The van der Waals surface area contributed by atoms with E-state index >= 15 is 0 Å². The predicted molar refractivity (Wildman–Crippen MR) is 180 cm³/mol. The molecule has 0 atom stereocenters. The minimum Gasteiger partial charge on any atom is -0.106 e. The van der Waals surface area contributed by atoms with E-state index < -0.39 is 0 Å². The molecule has 0 aromatic heterocycles. The zero-order valence-corrected chi connectivity index (χ0v) is 28.6. The summed E-state index contributed by atoms with van der Waals surface area (Å²) < 4.78 is 0. The molecular weight excluding hydrogens is 420 g/mol. The Morgan fingerprint density at radius 2 is 0.457 bits per heavy atom. The van der Waals surface area contributed by atoms with Crippen molar-refractivity contribution in [2.45, 2.75) is 193 Å². The Labute approximate surface area is 231 Å². The normalized spacial score (nSPS) is 7.03. The van der Waals surface area contributed by atoms with Gasteiger partial charge in [0, 0.05) is 0 Å². The highest BCUT2D eigenvalue weighted by Gasteiger charge is 1.89. The molecule has 0 unspecified atom stereocenters. The van der Waals surface area contributed by atoms with Crippen molar-refractivity contribution >= 4 is 0 Å². The fraction of sp³-hybridized carbons (Fsp3) is 0.829. The van der Waals surface area contributed by atoms with Gasteiger partial charge in [0.15, 0.2) is 0 Å². The maximum absolute atomic E-state index is 3.36. The minimum atomic E-state index is 1.32. The summed E-state index contributed by atoms with van der Waals surface area (Å²) in [6.07, 6.45) is 24.6. The van der Waals surface area contributed by atoms with Crippen LogP contribution in [0.2, 0.25) is 0 Å². The standard InChI is InChI=1S/C11H24.C6H14.C4H10.2C3H6.3C2H6.C2H4/c1-3-5-7-9-11-10-8-6-4-2;1-3-5-6-4-2;1-3-4-2;2*1-3-2;4*1-2/h3-11H2,1-2H3;3-6H2,1-2H3;3-4H2,1-2H3;2*3H,1H2,2H3;3*1-2H3;1-2H2. The summed E-state index contributed by atoms with van der Waals surface area (Å²) in [5.74, 6) is 0. The summed E-state index contributed by atoms with van der Waals surface area (Å²) in [5.41, 5.74) is 0. The van der Waals surface area contributed by atoms with E-state index in [1.54, 1.807) is 12.2 Å². The Morgan fingerprint density at radius 3 is 0.571 bits per heavy atom. The highest BCUT2D eigenvalue weighted by molar-refractivity contribution is 4.52. The molecule has 0 heteroatoms. The van der Waals surface area contributed by atoms with Gasteiger partial charge in [0.1, 0.15) is 0 Å². The highest BCUT2D eigenvalue weighted by atomic mass is 14.0. The van der Waals surface area contributed by atoms with Gasteiger partial charge in [-0.15, -0.1) is 26.3 Å². The second kappa shape index (κ2) is 131. The maximum atomic E-state index is 3.36. The first-order valence-electron chi connectivity index (χ1n) is 15.7. The van der Waals surface area contributed by atoms with Crippen molar-refractivity contribution in [3.05, 3.63) is 38.5 Å². The molecule has 0 fully saturated rings. The van der Waals surface area contributed by atoms with E-state index in [0.29, 0.717) is 0 Å². The number of unbranched alkanes of at least 4 members (excludes halogenated alkanes) is 12. The van der Waals surface area contributed by atoms with Crippen molar-refractivity contribution in [1.29, 1.82) is 0 Å². The lowest BCUT2D eigenvalue weighted by Crippen LogP contribution is -1.79. The zero-order chi connectivity index (χ0) is 30.0. The van der Waals surface area contributed by atoms with Gasteiger partial charge in [-0.05, 0) is 13.8 Å². The SMILES string of the molecule is C=C.C=CC.C=CC.CC.CC.CC.CCCC.CCCCCC.CCCCCCCCCCC. The lowest BCUT2D eigenvalue weighted by Gasteiger charge is -1.98. The van der Waals surface area contributed by atoms with Crippen molar-refractivity contribution in [2.75, 3.05) is 0 Å². The van der Waals surface area contributed by atoms with Gasteiger partial charge >= 0.3 is 0 Å². The Hall–Kier alpha value is -0.780. The summed E-state index contributed by atoms with van der Waals surface area (Å²) in [6.45, 7) is 41.9. The third-order valence-corrected chi connectivity index (χ3v) is 3.66. The number of hydrogen-bond acceptors (Lipinski definition) is 0. The third-order valence-electron chi connectivity index (χ3n) is 3.66. The molecule has 0 aromatic carbocycles. The Kier molecular flexibility index (Phi) is 222. The van der Waals surface area contributed by atoms with Crippen LogP contribution in [-0.2, 0) is 0 Å². The average molecular weight is 503 g/mol. The van der Waals surface area contributed by atoms with E-state index in [1.807, 2.05) is 55.4 Å². The molecule has 222 valence electrons. The van der Waals surface area contributed by atoms with Crippen molar-refractivity contribution in [3.8, 4) is 0 Å². The second-order valence-electron chi connectivity index (χ2n) is 7.00. The van der Waals surface area contributed by atoms with E-state index in [1.165, 1.54) is 96.3 Å². The topological polar surface area (TPSA) is 0 Å². The van der Waals surface area contributed by atoms with Gasteiger partial charge in [0.2, 0.25) is 0 Å². The molecule has 0 bridgehead atoms. The lowest BCUT2D eigenvalue weighted by molar-refractivity contribution is 0.572. The monoisotopic (exact) mass is 503 g/mol.